The predicted molar refractivity (Wildman–Crippen MR) is 89.9 cm³/mol. The number of likely N-dealkylation sites (tertiary alicyclic amines) is 2. The van der Waals surface area contributed by atoms with Gasteiger partial charge in [0.25, 0.3) is 0 Å². The van der Waals surface area contributed by atoms with Gasteiger partial charge in [-0.1, -0.05) is 36.5 Å². The molecule has 1 aliphatic carbocycles. The number of nitrogens with zero attached hydrogens (tertiary/aromatic N) is 2. The van der Waals surface area contributed by atoms with Gasteiger partial charge in [0, 0.05) is 32.1 Å². The molecule has 3 aliphatic rings. The maximum Gasteiger partial charge on any atom is 0.239 e. The first-order chi connectivity index (χ1) is 11.6. The fourth-order valence-electron chi connectivity index (χ4n) is 3.33. The van der Waals surface area contributed by atoms with Crippen LogP contribution in [-0.2, 0) is 14.4 Å². The molecule has 2 aliphatic heterocycles. The van der Waals surface area contributed by atoms with E-state index < -0.39 is 0 Å². The summed E-state index contributed by atoms with van der Waals surface area (Å²) in [6.07, 6.45) is 13.4. The van der Waals surface area contributed by atoms with Crippen molar-refractivity contribution in [3.05, 3.63) is 36.5 Å². The van der Waals surface area contributed by atoms with Gasteiger partial charge in [0.2, 0.25) is 17.7 Å². The van der Waals surface area contributed by atoms with Gasteiger partial charge in [0.15, 0.2) is 0 Å². The van der Waals surface area contributed by atoms with Crippen molar-refractivity contribution in [2.45, 2.75) is 25.3 Å². The minimum Gasteiger partial charge on any atom is -0.350 e. The van der Waals surface area contributed by atoms with Gasteiger partial charge >= 0.3 is 0 Å². The van der Waals surface area contributed by atoms with Crippen molar-refractivity contribution >= 4 is 17.7 Å². The lowest BCUT2D eigenvalue weighted by Gasteiger charge is -2.21. The summed E-state index contributed by atoms with van der Waals surface area (Å²) in [7, 11) is 0. The van der Waals surface area contributed by atoms with Crippen LogP contribution in [0.1, 0.15) is 19.3 Å². The zero-order valence-corrected chi connectivity index (χ0v) is 13.7. The van der Waals surface area contributed by atoms with Crippen LogP contribution in [-0.4, -0.2) is 59.7 Å². The second kappa shape index (κ2) is 7.47. The summed E-state index contributed by atoms with van der Waals surface area (Å²) < 4.78 is 0. The summed E-state index contributed by atoms with van der Waals surface area (Å²) in [6, 6.07) is -0.0315. The van der Waals surface area contributed by atoms with E-state index in [-0.39, 0.29) is 36.2 Å². The topological polar surface area (TPSA) is 69.7 Å². The van der Waals surface area contributed by atoms with Gasteiger partial charge in [0.1, 0.15) is 0 Å². The highest BCUT2D eigenvalue weighted by Gasteiger charge is 2.30. The first-order valence-electron chi connectivity index (χ1n) is 8.51. The lowest BCUT2D eigenvalue weighted by molar-refractivity contribution is -0.133. The Morgan fingerprint density at radius 1 is 1.12 bits per heavy atom. The highest BCUT2D eigenvalue weighted by molar-refractivity contribution is 5.86. The van der Waals surface area contributed by atoms with Crippen LogP contribution in [0.25, 0.3) is 0 Å². The molecule has 0 unspecified atom stereocenters. The van der Waals surface area contributed by atoms with E-state index in [1.54, 1.807) is 9.80 Å². The number of carbonyl (C=O) groups excluding carboxylic acids is 3. The highest BCUT2D eigenvalue weighted by Crippen LogP contribution is 2.16. The predicted octanol–water partition coefficient (Wildman–Crippen LogP) is 0.624. The molecule has 2 heterocycles. The van der Waals surface area contributed by atoms with E-state index in [0.29, 0.717) is 26.1 Å². The fourth-order valence-corrected chi connectivity index (χ4v) is 3.33. The normalized spacial score (nSPS) is 23.8. The molecule has 2 saturated heterocycles. The smallest absolute Gasteiger partial charge is 0.239 e. The van der Waals surface area contributed by atoms with E-state index in [0.717, 1.165) is 12.8 Å². The zero-order valence-electron chi connectivity index (χ0n) is 13.7. The van der Waals surface area contributed by atoms with Crippen molar-refractivity contribution in [3.63, 3.8) is 0 Å². The van der Waals surface area contributed by atoms with Crippen molar-refractivity contribution in [2.24, 2.45) is 5.92 Å². The molecule has 0 saturated carbocycles. The molecular formula is C18H23N3O3. The Bertz CT molecular complexity index is 593. The molecule has 24 heavy (non-hydrogen) atoms. The third-order valence-electron chi connectivity index (χ3n) is 4.63. The van der Waals surface area contributed by atoms with Gasteiger partial charge in [0.05, 0.1) is 12.5 Å². The maximum absolute atomic E-state index is 12.5. The van der Waals surface area contributed by atoms with Crippen molar-refractivity contribution < 1.29 is 14.4 Å². The van der Waals surface area contributed by atoms with Gasteiger partial charge in [-0.2, -0.15) is 0 Å². The number of carbonyl (C=O) groups is 3. The first-order valence-corrected chi connectivity index (χ1v) is 8.51. The molecule has 128 valence electrons. The molecule has 2 fully saturated rings. The number of hydrogen-bond donors (Lipinski definition) is 1. The monoisotopic (exact) mass is 329 g/mol. The Balaban J connectivity index is 1.47. The summed E-state index contributed by atoms with van der Waals surface area (Å²) in [6.45, 7) is 1.97. The Hall–Kier alpha value is -2.37. The van der Waals surface area contributed by atoms with E-state index in [4.69, 9.17) is 0 Å². The van der Waals surface area contributed by atoms with E-state index in [2.05, 4.69) is 5.32 Å². The highest BCUT2D eigenvalue weighted by atomic mass is 16.2. The molecule has 0 aromatic heterocycles. The molecule has 0 aromatic carbocycles. The Kier molecular flexibility index (Phi) is 5.13. The van der Waals surface area contributed by atoms with Crippen molar-refractivity contribution in [3.8, 4) is 0 Å². The molecule has 3 amide bonds. The van der Waals surface area contributed by atoms with Crippen LogP contribution in [0.3, 0.4) is 0 Å². The lowest BCUT2D eigenvalue weighted by atomic mass is 10.1. The number of allylic oxidation sites excluding steroid dienone is 4. The van der Waals surface area contributed by atoms with Gasteiger partial charge in [-0.15, -0.1) is 0 Å². The van der Waals surface area contributed by atoms with Crippen LogP contribution in [0.2, 0.25) is 0 Å². The molecule has 0 spiro atoms. The largest absolute Gasteiger partial charge is 0.350 e. The van der Waals surface area contributed by atoms with Crippen LogP contribution in [0.15, 0.2) is 36.5 Å². The minimum absolute atomic E-state index is 0.0315. The van der Waals surface area contributed by atoms with Gasteiger partial charge in [-0.05, 0) is 12.8 Å². The van der Waals surface area contributed by atoms with Crippen LogP contribution >= 0.6 is 0 Å². The van der Waals surface area contributed by atoms with Crippen molar-refractivity contribution in [2.75, 3.05) is 26.2 Å². The Morgan fingerprint density at radius 2 is 1.88 bits per heavy atom. The summed E-state index contributed by atoms with van der Waals surface area (Å²) in [5.41, 5.74) is 0. The second-order valence-corrected chi connectivity index (χ2v) is 6.44. The van der Waals surface area contributed by atoms with E-state index in [1.165, 1.54) is 0 Å². The number of rotatable bonds is 4. The third-order valence-corrected chi connectivity index (χ3v) is 4.63. The van der Waals surface area contributed by atoms with Crippen LogP contribution < -0.4 is 5.32 Å². The molecule has 0 bridgehead atoms. The molecule has 6 heteroatoms. The average molecular weight is 329 g/mol. The Morgan fingerprint density at radius 3 is 2.54 bits per heavy atom. The SMILES string of the molecule is O=C(CN1CCCC1=O)N[C@H]1CCN(C(=O)C2C=CC=CC=C2)C1. The standard InChI is InChI=1S/C18H23N3O3/c22-16(13-20-10-5-8-17(20)23)19-15-9-11-21(12-15)18(24)14-6-3-1-2-4-7-14/h1-4,6-7,14-15H,5,8-13H2,(H,19,22)/t15-/m0/s1. The summed E-state index contributed by atoms with van der Waals surface area (Å²) >= 11 is 0. The number of nitrogens with one attached hydrogen (secondary N) is 1. The zero-order chi connectivity index (χ0) is 16.9. The van der Waals surface area contributed by atoms with Gasteiger partial charge < -0.3 is 15.1 Å². The average Bonchev–Trinajstić information content (AvgIpc) is 3.07. The van der Waals surface area contributed by atoms with Crippen molar-refractivity contribution in [1.29, 1.82) is 0 Å². The van der Waals surface area contributed by atoms with E-state index >= 15 is 0 Å². The number of amides is 3. The first kappa shape index (κ1) is 16.5. The third kappa shape index (κ3) is 3.93. The van der Waals surface area contributed by atoms with Crippen LogP contribution in [0, 0.1) is 5.92 Å². The number of hydrogen-bond acceptors (Lipinski definition) is 3. The lowest BCUT2D eigenvalue weighted by Crippen LogP contribution is -2.44. The maximum atomic E-state index is 12.5. The molecule has 0 radical (unpaired) electrons. The van der Waals surface area contributed by atoms with Crippen molar-refractivity contribution in [1.82, 2.24) is 15.1 Å². The quantitative estimate of drug-likeness (QED) is 0.822. The van der Waals surface area contributed by atoms with E-state index in [1.807, 2.05) is 36.5 Å². The second-order valence-electron chi connectivity index (χ2n) is 6.44. The van der Waals surface area contributed by atoms with E-state index in [9.17, 15) is 14.4 Å². The minimum atomic E-state index is -0.239. The summed E-state index contributed by atoms with van der Waals surface area (Å²) in [5.74, 6) is -0.258. The molecule has 6 nitrogen and oxygen atoms in total. The fraction of sp³-hybridized carbons (Fsp3) is 0.500. The molecule has 1 atom stereocenters. The molecule has 3 rings (SSSR count). The Labute approximate surface area is 141 Å². The van der Waals surface area contributed by atoms with Gasteiger partial charge in [-0.25, -0.2) is 0 Å². The molecule has 0 aromatic rings. The van der Waals surface area contributed by atoms with Crippen LogP contribution in [0.5, 0.6) is 0 Å². The molecular weight excluding hydrogens is 306 g/mol. The van der Waals surface area contributed by atoms with Crippen LogP contribution in [0.4, 0.5) is 0 Å². The summed E-state index contributed by atoms with van der Waals surface area (Å²) in [5, 5.41) is 2.95. The summed E-state index contributed by atoms with van der Waals surface area (Å²) in [4.78, 5) is 39.6. The van der Waals surface area contributed by atoms with Gasteiger partial charge in [-0.3, -0.25) is 14.4 Å². The molecule has 1 N–H and O–H groups in total.